The first-order valence-corrected chi connectivity index (χ1v) is 8.60. The summed E-state index contributed by atoms with van der Waals surface area (Å²) in [6.07, 6.45) is 1.78. The first-order valence-electron chi connectivity index (χ1n) is 8.23. The summed E-state index contributed by atoms with van der Waals surface area (Å²) in [6, 6.07) is 13.3. The topological polar surface area (TPSA) is 60.6 Å². The van der Waals surface area contributed by atoms with Gasteiger partial charge < -0.3 is 18.9 Å². The van der Waals surface area contributed by atoms with Gasteiger partial charge in [-0.1, -0.05) is 28.9 Å². The van der Waals surface area contributed by atoms with E-state index in [-0.39, 0.29) is 5.89 Å². The third kappa shape index (κ3) is 4.23. The zero-order valence-electron chi connectivity index (χ0n) is 15.6. The molecule has 0 N–H and O–H groups in total. The van der Waals surface area contributed by atoms with Crippen molar-refractivity contribution >= 4 is 28.4 Å². The standard InChI is InChI=1S/C20H20ClN3O3/c1-24(2)14-7-5-13(6-8-14)11-17(21)20-22-19(23-27-20)16-10-9-15(25-3)12-18(16)26-4/h5-12H,1-4H3/b17-11-. The normalized spacial score (nSPS) is 11.4. The summed E-state index contributed by atoms with van der Waals surface area (Å²) in [5, 5.41) is 4.37. The molecular weight excluding hydrogens is 366 g/mol. The summed E-state index contributed by atoms with van der Waals surface area (Å²) in [7, 11) is 7.15. The quantitative estimate of drug-likeness (QED) is 0.620. The maximum atomic E-state index is 6.37. The fourth-order valence-corrected chi connectivity index (χ4v) is 2.69. The van der Waals surface area contributed by atoms with Crippen LogP contribution in [0.2, 0.25) is 0 Å². The highest BCUT2D eigenvalue weighted by Crippen LogP contribution is 2.32. The summed E-state index contributed by atoms with van der Waals surface area (Å²) in [5.41, 5.74) is 2.73. The Labute approximate surface area is 163 Å². The van der Waals surface area contributed by atoms with Crippen molar-refractivity contribution in [2.24, 2.45) is 0 Å². The number of hydrogen-bond donors (Lipinski definition) is 0. The highest BCUT2D eigenvalue weighted by Gasteiger charge is 2.16. The molecule has 6 nitrogen and oxygen atoms in total. The Morgan fingerprint density at radius 3 is 2.44 bits per heavy atom. The van der Waals surface area contributed by atoms with Crippen molar-refractivity contribution in [1.29, 1.82) is 0 Å². The fraction of sp³-hybridized carbons (Fsp3) is 0.200. The monoisotopic (exact) mass is 385 g/mol. The molecule has 0 bridgehead atoms. The van der Waals surface area contributed by atoms with Crippen LogP contribution in [0.3, 0.4) is 0 Å². The van der Waals surface area contributed by atoms with Crippen molar-refractivity contribution in [1.82, 2.24) is 10.1 Å². The van der Waals surface area contributed by atoms with Gasteiger partial charge in [0.1, 0.15) is 16.5 Å². The average molecular weight is 386 g/mol. The highest BCUT2D eigenvalue weighted by molar-refractivity contribution is 6.50. The SMILES string of the molecule is COc1ccc(-c2noc(/C(Cl)=C/c3ccc(N(C)C)cc3)n2)c(OC)c1. The van der Waals surface area contributed by atoms with Gasteiger partial charge in [-0.3, -0.25) is 0 Å². The van der Waals surface area contributed by atoms with Gasteiger partial charge in [-0.2, -0.15) is 4.98 Å². The minimum atomic E-state index is 0.237. The van der Waals surface area contributed by atoms with E-state index in [1.54, 1.807) is 32.4 Å². The molecule has 140 valence electrons. The van der Waals surface area contributed by atoms with E-state index in [0.717, 1.165) is 11.3 Å². The second-order valence-corrected chi connectivity index (χ2v) is 6.37. The van der Waals surface area contributed by atoms with Crippen LogP contribution in [-0.2, 0) is 0 Å². The maximum Gasteiger partial charge on any atom is 0.269 e. The van der Waals surface area contributed by atoms with Gasteiger partial charge in [-0.15, -0.1) is 0 Å². The Balaban J connectivity index is 1.86. The van der Waals surface area contributed by atoms with E-state index in [1.165, 1.54) is 0 Å². The lowest BCUT2D eigenvalue weighted by Crippen LogP contribution is -2.07. The Hall–Kier alpha value is -2.99. The zero-order chi connectivity index (χ0) is 19.4. The molecule has 0 aliphatic rings. The molecule has 1 aromatic heterocycles. The number of anilines is 1. The van der Waals surface area contributed by atoms with Gasteiger partial charge in [-0.05, 0) is 35.9 Å². The molecule has 0 fully saturated rings. The van der Waals surface area contributed by atoms with Crippen LogP contribution in [0.5, 0.6) is 11.5 Å². The molecule has 27 heavy (non-hydrogen) atoms. The van der Waals surface area contributed by atoms with Crippen molar-refractivity contribution in [3.05, 3.63) is 53.9 Å². The lowest BCUT2D eigenvalue weighted by Gasteiger charge is -2.11. The Morgan fingerprint density at radius 1 is 1.07 bits per heavy atom. The van der Waals surface area contributed by atoms with Gasteiger partial charge in [0.25, 0.3) is 5.89 Å². The second-order valence-electron chi connectivity index (χ2n) is 5.97. The molecule has 0 unspecified atom stereocenters. The molecular formula is C20H20ClN3O3. The van der Waals surface area contributed by atoms with Crippen LogP contribution in [0.4, 0.5) is 5.69 Å². The van der Waals surface area contributed by atoms with Crippen molar-refractivity contribution in [2.45, 2.75) is 0 Å². The summed E-state index contributed by atoms with van der Waals surface area (Å²) in [5.74, 6) is 1.89. The molecule has 7 heteroatoms. The number of ether oxygens (including phenoxy) is 2. The van der Waals surface area contributed by atoms with Gasteiger partial charge in [0, 0.05) is 25.8 Å². The Kier molecular flexibility index (Phi) is 5.66. The fourth-order valence-electron chi connectivity index (χ4n) is 2.49. The van der Waals surface area contributed by atoms with E-state index in [9.17, 15) is 0 Å². The molecule has 0 spiro atoms. The first kappa shape index (κ1) is 18.8. The number of methoxy groups -OCH3 is 2. The van der Waals surface area contributed by atoms with Crippen LogP contribution in [0, 0.1) is 0 Å². The lowest BCUT2D eigenvalue weighted by molar-refractivity contribution is 0.393. The molecule has 1 heterocycles. The zero-order valence-corrected chi connectivity index (χ0v) is 16.3. The van der Waals surface area contributed by atoms with E-state index in [0.29, 0.717) is 27.9 Å². The number of rotatable bonds is 6. The third-order valence-electron chi connectivity index (χ3n) is 3.98. The van der Waals surface area contributed by atoms with Crippen LogP contribution in [-0.4, -0.2) is 38.5 Å². The molecule has 3 rings (SSSR count). The largest absolute Gasteiger partial charge is 0.497 e. The molecule has 0 saturated heterocycles. The predicted octanol–water partition coefficient (Wildman–Crippen LogP) is 4.56. The molecule has 0 aliphatic carbocycles. The van der Waals surface area contributed by atoms with Gasteiger partial charge in [0.15, 0.2) is 0 Å². The van der Waals surface area contributed by atoms with E-state index in [4.69, 9.17) is 25.6 Å². The molecule has 0 atom stereocenters. The summed E-state index contributed by atoms with van der Waals surface area (Å²) < 4.78 is 15.9. The molecule has 0 amide bonds. The van der Waals surface area contributed by atoms with E-state index in [2.05, 4.69) is 10.1 Å². The van der Waals surface area contributed by atoms with Gasteiger partial charge >= 0.3 is 0 Å². The highest BCUT2D eigenvalue weighted by atomic mass is 35.5. The molecule has 0 radical (unpaired) electrons. The van der Waals surface area contributed by atoms with E-state index >= 15 is 0 Å². The lowest BCUT2D eigenvalue weighted by atomic mass is 10.1. The third-order valence-corrected chi connectivity index (χ3v) is 4.25. The maximum absolute atomic E-state index is 6.37. The second kappa shape index (κ2) is 8.14. The number of benzene rings is 2. The smallest absolute Gasteiger partial charge is 0.269 e. The van der Waals surface area contributed by atoms with Crippen LogP contribution >= 0.6 is 11.6 Å². The number of halogens is 1. The van der Waals surface area contributed by atoms with Crippen molar-refractivity contribution < 1.29 is 14.0 Å². The Morgan fingerprint density at radius 2 is 1.81 bits per heavy atom. The van der Waals surface area contributed by atoms with Crippen molar-refractivity contribution in [3.63, 3.8) is 0 Å². The minimum Gasteiger partial charge on any atom is -0.497 e. The molecule has 0 saturated carbocycles. The molecule has 0 aliphatic heterocycles. The first-order chi connectivity index (χ1) is 13.0. The molecule has 2 aromatic carbocycles. The summed E-state index contributed by atoms with van der Waals surface area (Å²) >= 11 is 6.37. The van der Waals surface area contributed by atoms with Crippen LogP contribution in [0.15, 0.2) is 47.0 Å². The summed E-state index contributed by atoms with van der Waals surface area (Å²) in [6.45, 7) is 0. The van der Waals surface area contributed by atoms with E-state index < -0.39 is 0 Å². The molecule has 3 aromatic rings. The van der Waals surface area contributed by atoms with E-state index in [1.807, 2.05) is 49.3 Å². The van der Waals surface area contributed by atoms with Crippen LogP contribution < -0.4 is 14.4 Å². The number of hydrogen-bond acceptors (Lipinski definition) is 6. The van der Waals surface area contributed by atoms with Gasteiger partial charge in [0.05, 0.1) is 19.8 Å². The predicted molar refractivity (Wildman–Crippen MR) is 107 cm³/mol. The average Bonchev–Trinajstić information content (AvgIpc) is 3.18. The van der Waals surface area contributed by atoms with Crippen molar-refractivity contribution in [2.75, 3.05) is 33.2 Å². The number of aromatic nitrogens is 2. The number of nitrogens with zero attached hydrogens (tertiary/aromatic N) is 3. The summed E-state index contributed by atoms with van der Waals surface area (Å²) in [4.78, 5) is 6.41. The van der Waals surface area contributed by atoms with Gasteiger partial charge in [0.2, 0.25) is 5.82 Å². The van der Waals surface area contributed by atoms with Crippen molar-refractivity contribution in [3.8, 4) is 22.9 Å². The van der Waals surface area contributed by atoms with Crippen LogP contribution in [0.25, 0.3) is 22.5 Å². The minimum absolute atomic E-state index is 0.237. The Bertz CT molecular complexity index is 949. The van der Waals surface area contributed by atoms with Gasteiger partial charge in [-0.25, -0.2) is 0 Å². The van der Waals surface area contributed by atoms with Crippen LogP contribution in [0.1, 0.15) is 11.5 Å².